The Balaban J connectivity index is 1.15. The molecule has 4 heterocycles. The molecule has 4 aromatic rings. The van der Waals surface area contributed by atoms with Crippen LogP contribution in [0.5, 0.6) is 0 Å². The normalized spacial score (nSPS) is 19.4. The molecular weight excluding hydrogens is 580 g/mol. The standard InChI is InChI=1S/C34H40N10O2/c1-42-23-27(22-39-42)25-9-14-31(36-20-25)44(34(46)38-19-24-6-3-2-4-7-24)30-12-10-28(11-13-30)40-33-37-21-26(18-35)32(41-33)43-16-5-8-29(43)15-17-45/h2-4,6-7,9,14,20-23,28-30,45H,5,8,10-13,15-17,19H2,1H3,(H,38,46)(H,37,40,41)/t28-,29?,30-. The van der Waals surface area contributed by atoms with Crippen molar-refractivity contribution in [3.05, 3.63) is 78.4 Å². The Morgan fingerprint density at radius 1 is 1.04 bits per heavy atom. The Morgan fingerprint density at radius 3 is 2.57 bits per heavy atom. The van der Waals surface area contributed by atoms with Crippen molar-refractivity contribution in [2.24, 2.45) is 7.05 Å². The van der Waals surface area contributed by atoms with E-state index in [-0.39, 0.29) is 30.8 Å². The summed E-state index contributed by atoms with van der Waals surface area (Å²) in [6.07, 6.45) is 12.9. The number of nitrogens with zero attached hydrogens (tertiary/aromatic N) is 8. The number of aryl methyl sites for hydroxylation is 1. The SMILES string of the molecule is Cn1cc(-c2ccc(N(C(=O)NCc3ccccc3)[C@H]3CC[C@H](Nc4ncc(C#N)c(N5CCCC5CCO)n4)CC3)nc2)cn1. The van der Waals surface area contributed by atoms with E-state index >= 15 is 0 Å². The molecule has 2 amide bonds. The Morgan fingerprint density at radius 2 is 1.87 bits per heavy atom. The van der Waals surface area contributed by atoms with Crippen molar-refractivity contribution in [1.29, 1.82) is 5.26 Å². The Hall–Kier alpha value is -5.02. The van der Waals surface area contributed by atoms with Crippen LogP contribution in [0.25, 0.3) is 11.1 Å². The quantitative estimate of drug-likeness (QED) is 0.231. The number of aliphatic hydroxyl groups excluding tert-OH is 1. The predicted octanol–water partition coefficient (Wildman–Crippen LogP) is 4.63. The number of hydrogen-bond donors (Lipinski definition) is 3. The number of carbonyl (C=O) groups is 1. The van der Waals surface area contributed by atoms with E-state index in [9.17, 15) is 15.2 Å². The third kappa shape index (κ3) is 7.10. The maximum atomic E-state index is 13.7. The number of aliphatic hydroxyl groups is 1. The number of pyridine rings is 1. The summed E-state index contributed by atoms with van der Waals surface area (Å²) in [6, 6.07) is 16.1. The van der Waals surface area contributed by atoms with Gasteiger partial charge in [0.05, 0.1) is 12.4 Å². The van der Waals surface area contributed by atoms with Crippen LogP contribution in [0.15, 0.2) is 67.3 Å². The summed E-state index contributed by atoms with van der Waals surface area (Å²) >= 11 is 0. The molecule has 12 nitrogen and oxygen atoms in total. The van der Waals surface area contributed by atoms with Crippen LogP contribution in [-0.2, 0) is 13.6 Å². The highest BCUT2D eigenvalue weighted by Crippen LogP contribution is 2.32. The molecule has 1 atom stereocenters. The van der Waals surface area contributed by atoms with Crippen LogP contribution in [0, 0.1) is 11.3 Å². The number of aromatic nitrogens is 5. The number of nitriles is 1. The first kappa shape index (κ1) is 31.0. The number of amides is 2. The molecule has 0 spiro atoms. The average Bonchev–Trinajstić information content (AvgIpc) is 3.74. The number of urea groups is 1. The first-order valence-electron chi connectivity index (χ1n) is 16.0. The molecule has 1 aliphatic carbocycles. The highest BCUT2D eigenvalue weighted by atomic mass is 16.3. The van der Waals surface area contributed by atoms with Crippen LogP contribution >= 0.6 is 0 Å². The number of anilines is 3. The van der Waals surface area contributed by atoms with Gasteiger partial charge in [-0.25, -0.2) is 14.8 Å². The van der Waals surface area contributed by atoms with E-state index in [4.69, 9.17) is 9.97 Å². The van der Waals surface area contributed by atoms with Gasteiger partial charge in [-0.1, -0.05) is 30.3 Å². The second kappa shape index (κ2) is 14.4. The van der Waals surface area contributed by atoms with Crippen LogP contribution < -0.4 is 20.4 Å². The number of carbonyl (C=O) groups excluding carboxylic acids is 1. The molecule has 2 fully saturated rings. The summed E-state index contributed by atoms with van der Waals surface area (Å²) in [6.45, 7) is 1.34. The third-order valence-corrected chi connectivity index (χ3v) is 8.93. The molecular formula is C34H40N10O2. The first-order valence-corrected chi connectivity index (χ1v) is 16.0. The highest BCUT2D eigenvalue weighted by Gasteiger charge is 2.32. The summed E-state index contributed by atoms with van der Waals surface area (Å²) in [5.74, 6) is 1.74. The van der Waals surface area contributed by atoms with Crippen molar-refractivity contribution >= 4 is 23.6 Å². The van der Waals surface area contributed by atoms with Gasteiger partial charge in [0.25, 0.3) is 0 Å². The minimum Gasteiger partial charge on any atom is -0.396 e. The van der Waals surface area contributed by atoms with Crippen LogP contribution in [0.1, 0.15) is 56.1 Å². The van der Waals surface area contributed by atoms with Crippen LogP contribution in [0.4, 0.5) is 22.4 Å². The second-order valence-electron chi connectivity index (χ2n) is 12.0. The lowest BCUT2D eigenvalue weighted by atomic mass is 9.90. The van der Waals surface area contributed by atoms with Gasteiger partial charge in [0.1, 0.15) is 17.5 Å². The van der Waals surface area contributed by atoms with Crippen molar-refractivity contribution in [3.63, 3.8) is 0 Å². The number of rotatable bonds is 10. The van der Waals surface area contributed by atoms with E-state index in [0.717, 1.165) is 61.8 Å². The first-order chi connectivity index (χ1) is 22.5. The molecule has 238 valence electrons. The molecule has 1 saturated carbocycles. The number of nitrogens with one attached hydrogen (secondary N) is 2. The van der Waals surface area contributed by atoms with Gasteiger partial charge in [-0.15, -0.1) is 0 Å². The summed E-state index contributed by atoms with van der Waals surface area (Å²) < 4.78 is 1.75. The topological polar surface area (TPSA) is 148 Å². The van der Waals surface area contributed by atoms with Gasteiger partial charge in [-0.05, 0) is 62.6 Å². The molecule has 12 heteroatoms. The number of hydrogen-bond acceptors (Lipinski definition) is 9. The lowest BCUT2D eigenvalue weighted by Crippen LogP contribution is -2.49. The summed E-state index contributed by atoms with van der Waals surface area (Å²) in [4.78, 5) is 31.6. The third-order valence-electron chi connectivity index (χ3n) is 8.93. The molecule has 1 aromatic carbocycles. The van der Waals surface area contributed by atoms with Crippen molar-refractivity contribution < 1.29 is 9.90 Å². The summed E-state index contributed by atoms with van der Waals surface area (Å²) in [5, 5.41) is 30.1. The van der Waals surface area contributed by atoms with E-state index < -0.39 is 0 Å². The van der Waals surface area contributed by atoms with Crippen LogP contribution in [0.2, 0.25) is 0 Å². The molecule has 1 saturated heterocycles. The Labute approximate surface area is 269 Å². The predicted molar refractivity (Wildman–Crippen MR) is 176 cm³/mol. The lowest BCUT2D eigenvalue weighted by Gasteiger charge is -2.36. The zero-order valence-electron chi connectivity index (χ0n) is 26.1. The van der Waals surface area contributed by atoms with Gasteiger partial charge in [-0.2, -0.15) is 15.3 Å². The van der Waals surface area contributed by atoms with Gasteiger partial charge in [-0.3, -0.25) is 9.58 Å². The maximum Gasteiger partial charge on any atom is 0.323 e. The zero-order valence-corrected chi connectivity index (χ0v) is 26.1. The monoisotopic (exact) mass is 620 g/mol. The van der Waals surface area contributed by atoms with Crippen molar-refractivity contribution in [2.45, 2.75) is 69.6 Å². The Bertz CT molecular complexity index is 1640. The molecule has 2 aliphatic rings. The van der Waals surface area contributed by atoms with Crippen molar-refractivity contribution in [1.82, 2.24) is 30.0 Å². The van der Waals surface area contributed by atoms with Crippen molar-refractivity contribution in [3.8, 4) is 17.2 Å². The zero-order chi connectivity index (χ0) is 31.9. The van der Waals surface area contributed by atoms with Gasteiger partial charge in [0.2, 0.25) is 5.95 Å². The largest absolute Gasteiger partial charge is 0.396 e. The van der Waals surface area contributed by atoms with E-state index in [2.05, 4.69) is 31.7 Å². The van der Waals surface area contributed by atoms with E-state index in [1.807, 2.05) is 55.7 Å². The Kier molecular flexibility index (Phi) is 9.69. The molecule has 46 heavy (non-hydrogen) atoms. The molecule has 1 aliphatic heterocycles. The molecule has 1 unspecified atom stereocenters. The van der Waals surface area contributed by atoms with Crippen molar-refractivity contribution in [2.75, 3.05) is 28.3 Å². The summed E-state index contributed by atoms with van der Waals surface area (Å²) in [7, 11) is 1.88. The van der Waals surface area contributed by atoms with Crippen LogP contribution in [0.3, 0.4) is 0 Å². The molecule has 6 rings (SSSR count). The second-order valence-corrected chi connectivity index (χ2v) is 12.0. The molecule has 0 radical (unpaired) electrons. The van der Waals surface area contributed by atoms with Gasteiger partial charge in [0, 0.05) is 68.4 Å². The fraction of sp³-hybridized carbons (Fsp3) is 0.412. The van der Waals surface area contributed by atoms with E-state index in [0.29, 0.717) is 36.1 Å². The molecule has 0 bridgehead atoms. The lowest BCUT2D eigenvalue weighted by molar-refractivity contribution is 0.240. The fourth-order valence-corrected chi connectivity index (χ4v) is 6.55. The van der Waals surface area contributed by atoms with Crippen LogP contribution in [-0.4, -0.2) is 67.1 Å². The van der Waals surface area contributed by atoms with E-state index in [1.54, 1.807) is 28.2 Å². The smallest absolute Gasteiger partial charge is 0.323 e. The number of benzene rings is 1. The van der Waals surface area contributed by atoms with Gasteiger partial charge in [0.15, 0.2) is 5.82 Å². The van der Waals surface area contributed by atoms with E-state index in [1.165, 1.54) is 0 Å². The fourth-order valence-electron chi connectivity index (χ4n) is 6.55. The van der Waals surface area contributed by atoms with Gasteiger partial charge >= 0.3 is 6.03 Å². The molecule has 3 aromatic heterocycles. The molecule has 3 N–H and O–H groups in total. The minimum atomic E-state index is -0.176. The average molecular weight is 621 g/mol. The minimum absolute atomic E-state index is 0.0353. The van der Waals surface area contributed by atoms with Gasteiger partial charge < -0.3 is 20.6 Å². The summed E-state index contributed by atoms with van der Waals surface area (Å²) in [5.41, 5.74) is 3.38. The highest BCUT2D eigenvalue weighted by molar-refractivity contribution is 5.91. The maximum absolute atomic E-state index is 13.7.